The number of aromatic amines is 1. The van der Waals surface area contributed by atoms with Crippen LogP contribution in [0.5, 0.6) is 5.75 Å². The minimum Gasteiger partial charge on any atom is -0.496 e. The van der Waals surface area contributed by atoms with Crippen molar-refractivity contribution in [3.8, 4) is 5.75 Å². The molecular weight excluding hydrogens is 502 g/mol. The highest BCUT2D eigenvalue weighted by Crippen LogP contribution is 2.41. The van der Waals surface area contributed by atoms with E-state index in [-0.39, 0.29) is 5.91 Å². The maximum absolute atomic E-state index is 14.0. The van der Waals surface area contributed by atoms with E-state index in [0.29, 0.717) is 42.4 Å². The SMILES string of the molecule is COc1ccc(Cl)cc1[C@H](c1cc2ccccc2[nH]1)N1Cc2ccc(C3=CCN(C(=O)O)CC3)cc2C1=O. The number of rotatable bonds is 5. The number of para-hydroxylation sites is 1. The van der Waals surface area contributed by atoms with Crippen LogP contribution >= 0.6 is 11.6 Å². The Bertz CT molecular complexity index is 1580. The van der Waals surface area contributed by atoms with Crippen LogP contribution in [0, 0.1) is 0 Å². The second kappa shape index (κ2) is 9.58. The molecule has 0 spiro atoms. The molecule has 4 aromatic rings. The van der Waals surface area contributed by atoms with Crippen molar-refractivity contribution in [2.45, 2.75) is 19.0 Å². The van der Waals surface area contributed by atoms with Crippen LogP contribution in [-0.2, 0) is 6.54 Å². The van der Waals surface area contributed by atoms with Gasteiger partial charge in [-0.2, -0.15) is 0 Å². The summed E-state index contributed by atoms with van der Waals surface area (Å²) in [5.74, 6) is 0.578. The molecule has 0 saturated heterocycles. The Labute approximate surface area is 224 Å². The van der Waals surface area contributed by atoms with E-state index in [2.05, 4.69) is 11.1 Å². The Kier molecular flexibility index (Phi) is 6.08. The number of methoxy groups -OCH3 is 1. The van der Waals surface area contributed by atoms with Crippen LogP contribution in [0.15, 0.2) is 72.8 Å². The van der Waals surface area contributed by atoms with Crippen molar-refractivity contribution in [2.75, 3.05) is 20.2 Å². The molecule has 0 bridgehead atoms. The average Bonchev–Trinajstić information content (AvgIpc) is 3.50. The Morgan fingerprint density at radius 3 is 2.68 bits per heavy atom. The van der Waals surface area contributed by atoms with Crippen LogP contribution in [0.3, 0.4) is 0 Å². The third-order valence-corrected chi connectivity index (χ3v) is 7.67. The monoisotopic (exact) mass is 527 g/mol. The Morgan fingerprint density at radius 1 is 1.11 bits per heavy atom. The normalized spacial score (nSPS) is 15.9. The molecule has 2 N–H and O–H groups in total. The zero-order chi connectivity index (χ0) is 26.4. The smallest absolute Gasteiger partial charge is 0.407 e. The Hall–Kier alpha value is -4.23. The van der Waals surface area contributed by atoms with Crippen LogP contribution in [0.1, 0.15) is 45.2 Å². The van der Waals surface area contributed by atoms with Crippen LogP contribution in [0.25, 0.3) is 16.5 Å². The van der Waals surface area contributed by atoms with Crippen LogP contribution in [0.2, 0.25) is 5.02 Å². The summed E-state index contributed by atoms with van der Waals surface area (Å²) >= 11 is 6.44. The van der Waals surface area contributed by atoms with Gasteiger partial charge >= 0.3 is 6.09 Å². The highest BCUT2D eigenvalue weighted by molar-refractivity contribution is 6.30. The van der Waals surface area contributed by atoms with Gasteiger partial charge < -0.3 is 24.6 Å². The minimum atomic E-state index is -0.917. The number of fused-ring (bicyclic) bond motifs is 2. The lowest BCUT2D eigenvalue weighted by Crippen LogP contribution is -2.33. The summed E-state index contributed by atoms with van der Waals surface area (Å²) in [5, 5.41) is 10.9. The van der Waals surface area contributed by atoms with Crippen LogP contribution in [-0.4, -0.2) is 52.1 Å². The number of aromatic nitrogens is 1. The van der Waals surface area contributed by atoms with E-state index in [1.165, 1.54) is 4.90 Å². The number of nitrogens with zero attached hydrogens (tertiary/aromatic N) is 2. The largest absolute Gasteiger partial charge is 0.496 e. The molecule has 192 valence electrons. The molecule has 0 unspecified atom stereocenters. The zero-order valence-corrected chi connectivity index (χ0v) is 21.5. The molecule has 0 saturated carbocycles. The lowest BCUT2D eigenvalue weighted by atomic mass is 9.96. The van der Waals surface area contributed by atoms with Crippen LogP contribution in [0.4, 0.5) is 4.79 Å². The number of ether oxygens (including phenoxy) is 1. The molecule has 7 nitrogen and oxygen atoms in total. The third kappa shape index (κ3) is 4.19. The van der Waals surface area contributed by atoms with Gasteiger partial charge in [0.2, 0.25) is 0 Å². The van der Waals surface area contributed by atoms with Crippen molar-refractivity contribution in [1.82, 2.24) is 14.8 Å². The lowest BCUT2D eigenvalue weighted by Gasteiger charge is -2.29. The van der Waals surface area contributed by atoms with E-state index in [0.717, 1.165) is 38.9 Å². The quantitative estimate of drug-likeness (QED) is 0.317. The molecule has 3 heterocycles. The first-order valence-corrected chi connectivity index (χ1v) is 12.8. The summed E-state index contributed by atoms with van der Waals surface area (Å²) in [4.78, 5) is 32.0. The van der Waals surface area contributed by atoms with E-state index >= 15 is 0 Å². The van der Waals surface area contributed by atoms with E-state index in [9.17, 15) is 14.7 Å². The molecule has 3 aromatic carbocycles. The summed E-state index contributed by atoms with van der Waals surface area (Å²) in [6.07, 6.45) is 1.63. The van der Waals surface area contributed by atoms with Crippen molar-refractivity contribution in [1.29, 1.82) is 0 Å². The van der Waals surface area contributed by atoms with E-state index in [4.69, 9.17) is 16.3 Å². The molecule has 1 atom stereocenters. The number of amides is 2. The second-order valence-corrected chi connectivity index (χ2v) is 10.1. The van der Waals surface area contributed by atoms with Gasteiger partial charge in [0.25, 0.3) is 5.91 Å². The molecule has 2 amide bonds. The summed E-state index contributed by atoms with van der Waals surface area (Å²) in [6.45, 7) is 1.23. The standard InChI is InChI=1S/C30H26ClN3O4/c1-38-27-9-8-22(31)16-24(27)28(26-15-20-4-2-3-5-25(20)32-26)34-17-21-7-6-19(14-23(21)29(34)35)18-10-12-33(13-11-18)30(36)37/h2-10,14-16,28,32H,11-13,17H2,1H3,(H,36,37)/t28-/m1/s1. The van der Waals surface area contributed by atoms with Crippen molar-refractivity contribution in [2.24, 2.45) is 0 Å². The van der Waals surface area contributed by atoms with E-state index in [1.54, 1.807) is 13.2 Å². The topological polar surface area (TPSA) is 85.9 Å². The Morgan fingerprint density at radius 2 is 1.95 bits per heavy atom. The third-order valence-electron chi connectivity index (χ3n) is 7.44. The van der Waals surface area contributed by atoms with Crippen molar-refractivity contribution >= 4 is 40.1 Å². The van der Waals surface area contributed by atoms with Gasteiger partial charge in [-0.25, -0.2) is 4.79 Å². The maximum Gasteiger partial charge on any atom is 0.407 e. The van der Waals surface area contributed by atoms with Gasteiger partial charge in [-0.1, -0.05) is 48.0 Å². The van der Waals surface area contributed by atoms with Gasteiger partial charge in [0.1, 0.15) is 11.8 Å². The molecule has 2 aliphatic heterocycles. The first kappa shape index (κ1) is 24.1. The number of carbonyl (C=O) groups is 2. The predicted molar refractivity (Wildman–Crippen MR) is 147 cm³/mol. The highest BCUT2D eigenvalue weighted by atomic mass is 35.5. The average molecular weight is 528 g/mol. The number of hydrogen-bond acceptors (Lipinski definition) is 3. The number of H-pyrrole nitrogens is 1. The van der Waals surface area contributed by atoms with Crippen molar-refractivity contribution in [3.05, 3.63) is 106 Å². The summed E-state index contributed by atoms with van der Waals surface area (Å²) in [7, 11) is 1.62. The molecule has 6 rings (SSSR count). The Balaban J connectivity index is 1.40. The molecule has 1 aromatic heterocycles. The molecular formula is C30H26ClN3O4. The van der Waals surface area contributed by atoms with Gasteiger partial charge in [-0.15, -0.1) is 0 Å². The fraction of sp³-hybridized carbons (Fsp3) is 0.200. The summed E-state index contributed by atoms with van der Waals surface area (Å²) in [6, 6.07) is 21.1. The fourth-order valence-electron chi connectivity index (χ4n) is 5.50. The molecule has 0 fully saturated rings. The lowest BCUT2D eigenvalue weighted by molar-refractivity contribution is 0.0726. The summed E-state index contributed by atoms with van der Waals surface area (Å²) in [5.41, 5.74) is 6.27. The minimum absolute atomic E-state index is 0.0730. The van der Waals surface area contributed by atoms with E-state index < -0.39 is 12.1 Å². The predicted octanol–water partition coefficient (Wildman–Crippen LogP) is 6.34. The van der Waals surface area contributed by atoms with Crippen molar-refractivity contribution in [3.63, 3.8) is 0 Å². The van der Waals surface area contributed by atoms with Gasteiger partial charge in [0.15, 0.2) is 0 Å². The first-order chi connectivity index (χ1) is 18.4. The molecule has 0 aliphatic carbocycles. The van der Waals surface area contributed by atoms with Gasteiger partial charge in [0.05, 0.1) is 7.11 Å². The van der Waals surface area contributed by atoms with E-state index in [1.807, 2.05) is 65.6 Å². The summed E-state index contributed by atoms with van der Waals surface area (Å²) < 4.78 is 5.71. The number of benzene rings is 3. The zero-order valence-electron chi connectivity index (χ0n) is 20.8. The molecule has 0 radical (unpaired) electrons. The molecule has 8 heteroatoms. The second-order valence-electron chi connectivity index (χ2n) is 9.61. The van der Waals surface area contributed by atoms with Gasteiger partial charge in [-0.05, 0) is 64.9 Å². The molecule has 2 aliphatic rings. The fourth-order valence-corrected chi connectivity index (χ4v) is 5.68. The number of halogens is 1. The van der Waals surface area contributed by atoms with Crippen LogP contribution < -0.4 is 4.74 Å². The maximum atomic E-state index is 14.0. The number of hydrogen-bond donors (Lipinski definition) is 2. The number of carboxylic acid groups (broad SMARTS) is 1. The van der Waals surface area contributed by atoms with Gasteiger partial charge in [0, 0.05) is 47.0 Å². The van der Waals surface area contributed by atoms with Crippen molar-refractivity contribution < 1.29 is 19.4 Å². The molecule has 38 heavy (non-hydrogen) atoms. The first-order valence-electron chi connectivity index (χ1n) is 12.4. The number of nitrogens with one attached hydrogen (secondary N) is 1. The van der Waals surface area contributed by atoms with Gasteiger partial charge in [-0.3, -0.25) is 4.79 Å². The highest BCUT2D eigenvalue weighted by Gasteiger charge is 2.37. The number of carbonyl (C=O) groups excluding carboxylic acids is 1.